The van der Waals surface area contributed by atoms with Crippen LogP contribution in [0.3, 0.4) is 0 Å². The predicted octanol–water partition coefficient (Wildman–Crippen LogP) is 3.95. The number of benzene rings is 1. The van der Waals surface area contributed by atoms with Gasteiger partial charge in [0.1, 0.15) is 5.82 Å². The van der Waals surface area contributed by atoms with E-state index in [0.29, 0.717) is 29.0 Å². The maximum absolute atomic E-state index is 13.0. The number of amides is 1. The largest absolute Gasteiger partial charge is 0.459 e. The third-order valence-corrected chi connectivity index (χ3v) is 4.97. The number of furan rings is 1. The molecule has 0 aliphatic carbocycles. The van der Waals surface area contributed by atoms with Crippen molar-refractivity contribution in [3.05, 3.63) is 60.1 Å². The maximum atomic E-state index is 13.0. The Bertz CT molecular complexity index is 882. The van der Waals surface area contributed by atoms with Gasteiger partial charge in [0.25, 0.3) is 11.8 Å². The molecule has 0 saturated carbocycles. The minimum Gasteiger partial charge on any atom is -0.459 e. The molecule has 1 fully saturated rings. The number of piperidine rings is 1. The van der Waals surface area contributed by atoms with Gasteiger partial charge in [0.05, 0.1) is 6.26 Å². The first-order chi connectivity index (χ1) is 13.2. The molecule has 0 spiro atoms. The highest BCUT2D eigenvalue weighted by atomic mass is 19.1. The van der Waals surface area contributed by atoms with E-state index in [1.54, 1.807) is 24.3 Å². The summed E-state index contributed by atoms with van der Waals surface area (Å²) in [6.07, 6.45) is 5.10. The second-order valence-corrected chi connectivity index (χ2v) is 6.77. The van der Waals surface area contributed by atoms with Gasteiger partial charge in [-0.1, -0.05) is 5.16 Å². The van der Waals surface area contributed by atoms with Crippen LogP contribution in [0, 0.1) is 11.7 Å². The fraction of sp³-hybridized carbons (Fsp3) is 0.350. The van der Waals surface area contributed by atoms with Crippen LogP contribution in [0.5, 0.6) is 0 Å². The lowest BCUT2D eigenvalue weighted by Crippen LogP contribution is -2.38. The summed E-state index contributed by atoms with van der Waals surface area (Å²) in [7, 11) is 0. The van der Waals surface area contributed by atoms with Crippen LogP contribution in [0.1, 0.15) is 35.6 Å². The summed E-state index contributed by atoms with van der Waals surface area (Å²) in [6, 6.07) is 9.42. The van der Waals surface area contributed by atoms with Crippen LogP contribution in [0.25, 0.3) is 11.5 Å². The highest BCUT2D eigenvalue weighted by Crippen LogP contribution is 2.24. The fourth-order valence-electron chi connectivity index (χ4n) is 3.38. The summed E-state index contributed by atoms with van der Waals surface area (Å²) >= 11 is 0. The monoisotopic (exact) mass is 369 g/mol. The molecule has 1 aliphatic rings. The summed E-state index contributed by atoms with van der Waals surface area (Å²) in [5.74, 6) is 1.65. The number of halogens is 1. The lowest BCUT2D eigenvalue weighted by molar-refractivity contribution is 0.0654. The van der Waals surface area contributed by atoms with Crippen molar-refractivity contribution < 1.29 is 18.1 Å². The molecule has 0 atom stereocenters. The molecule has 0 N–H and O–H groups in total. The number of nitrogens with zero attached hydrogens (tertiary/aromatic N) is 3. The molecule has 6 nitrogen and oxygen atoms in total. The van der Waals surface area contributed by atoms with E-state index in [4.69, 9.17) is 8.94 Å². The molecule has 7 heteroatoms. The van der Waals surface area contributed by atoms with Gasteiger partial charge in [-0.05, 0) is 61.6 Å². The lowest BCUT2D eigenvalue weighted by atomic mass is 9.92. The molecule has 1 amide bonds. The standard InChI is InChI=1S/C20H20FN3O3/c21-16-6-4-15(5-7-16)19-22-18(23-27-19)8-3-14-9-11-24(12-10-14)20(25)17-2-1-13-26-17/h1-2,4-7,13-14H,3,8-12H2. The predicted molar refractivity (Wildman–Crippen MR) is 95.3 cm³/mol. The zero-order valence-electron chi connectivity index (χ0n) is 14.8. The molecule has 27 heavy (non-hydrogen) atoms. The van der Waals surface area contributed by atoms with Crippen molar-refractivity contribution in [1.29, 1.82) is 0 Å². The van der Waals surface area contributed by atoms with Crippen LogP contribution >= 0.6 is 0 Å². The number of carbonyl (C=O) groups excluding carboxylic acids is 1. The summed E-state index contributed by atoms with van der Waals surface area (Å²) in [5, 5.41) is 4.02. The van der Waals surface area contributed by atoms with E-state index in [2.05, 4.69) is 10.1 Å². The quantitative estimate of drug-likeness (QED) is 0.681. The van der Waals surface area contributed by atoms with Gasteiger partial charge < -0.3 is 13.8 Å². The second-order valence-electron chi connectivity index (χ2n) is 6.77. The van der Waals surface area contributed by atoms with Gasteiger partial charge in [0.2, 0.25) is 0 Å². The number of carbonyl (C=O) groups is 1. The van der Waals surface area contributed by atoms with Gasteiger partial charge in [-0.3, -0.25) is 4.79 Å². The van der Waals surface area contributed by atoms with Crippen LogP contribution in [0.4, 0.5) is 4.39 Å². The van der Waals surface area contributed by atoms with Gasteiger partial charge in [-0.25, -0.2) is 4.39 Å². The minimum absolute atomic E-state index is 0.0412. The van der Waals surface area contributed by atoms with Gasteiger partial charge in [0.15, 0.2) is 11.6 Å². The van der Waals surface area contributed by atoms with E-state index < -0.39 is 0 Å². The normalized spacial score (nSPS) is 15.2. The Balaban J connectivity index is 1.27. The number of aromatic nitrogens is 2. The van der Waals surface area contributed by atoms with Crippen molar-refractivity contribution in [3.63, 3.8) is 0 Å². The number of hydrogen-bond acceptors (Lipinski definition) is 5. The van der Waals surface area contributed by atoms with Gasteiger partial charge in [0, 0.05) is 25.1 Å². The van der Waals surface area contributed by atoms with E-state index in [-0.39, 0.29) is 11.7 Å². The lowest BCUT2D eigenvalue weighted by Gasteiger charge is -2.31. The Labute approximate surface area is 156 Å². The zero-order valence-corrected chi connectivity index (χ0v) is 14.8. The zero-order chi connectivity index (χ0) is 18.6. The van der Waals surface area contributed by atoms with Crippen molar-refractivity contribution in [3.8, 4) is 11.5 Å². The first-order valence-corrected chi connectivity index (χ1v) is 9.10. The molecular formula is C20H20FN3O3. The third-order valence-electron chi connectivity index (χ3n) is 4.97. The number of aryl methyl sites for hydroxylation is 1. The SMILES string of the molecule is O=C(c1ccco1)N1CCC(CCc2noc(-c3ccc(F)cc3)n2)CC1. The van der Waals surface area contributed by atoms with E-state index >= 15 is 0 Å². The van der Waals surface area contributed by atoms with E-state index in [1.807, 2.05) is 4.90 Å². The molecule has 2 aromatic heterocycles. The van der Waals surface area contributed by atoms with Crippen molar-refractivity contribution in [2.45, 2.75) is 25.7 Å². The average Bonchev–Trinajstić information content (AvgIpc) is 3.39. The van der Waals surface area contributed by atoms with Gasteiger partial charge in [-0.2, -0.15) is 4.98 Å². The molecule has 1 aliphatic heterocycles. The first kappa shape index (κ1) is 17.5. The number of likely N-dealkylation sites (tertiary alicyclic amines) is 1. The Hall–Kier alpha value is -2.96. The Morgan fingerprint density at radius 1 is 1.19 bits per heavy atom. The fourth-order valence-corrected chi connectivity index (χ4v) is 3.38. The van der Waals surface area contributed by atoms with Crippen LogP contribution in [-0.4, -0.2) is 34.0 Å². The Kier molecular flexibility index (Phi) is 5.00. The summed E-state index contributed by atoms with van der Waals surface area (Å²) < 4.78 is 23.5. The van der Waals surface area contributed by atoms with E-state index in [9.17, 15) is 9.18 Å². The molecule has 3 heterocycles. The number of rotatable bonds is 5. The van der Waals surface area contributed by atoms with Crippen LogP contribution < -0.4 is 0 Å². The third kappa shape index (κ3) is 4.07. The summed E-state index contributed by atoms with van der Waals surface area (Å²) in [4.78, 5) is 18.5. The smallest absolute Gasteiger partial charge is 0.289 e. The van der Waals surface area contributed by atoms with Crippen molar-refractivity contribution in [2.24, 2.45) is 5.92 Å². The molecule has 0 bridgehead atoms. The second kappa shape index (κ2) is 7.73. The first-order valence-electron chi connectivity index (χ1n) is 9.10. The van der Waals surface area contributed by atoms with E-state index in [1.165, 1.54) is 18.4 Å². The summed E-state index contributed by atoms with van der Waals surface area (Å²) in [6.45, 7) is 1.47. The average molecular weight is 369 g/mol. The maximum Gasteiger partial charge on any atom is 0.289 e. The molecule has 3 aromatic rings. The minimum atomic E-state index is -0.296. The van der Waals surface area contributed by atoms with E-state index in [0.717, 1.165) is 38.8 Å². The molecule has 0 radical (unpaired) electrons. The molecule has 1 aromatic carbocycles. The van der Waals surface area contributed by atoms with Crippen molar-refractivity contribution >= 4 is 5.91 Å². The van der Waals surface area contributed by atoms with Crippen LogP contribution in [0.2, 0.25) is 0 Å². The molecule has 1 saturated heterocycles. The summed E-state index contributed by atoms with van der Waals surface area (Å²) in [5.41, 5.74) is 0.708. The Morgan fingerprint density at radius 2 is 1.96 bits per heavy atom. The van der Waals surface area contributed by atoms with Crippen molar-refractivity contribution in [1.82, 2.24) is 15.0 Å². The van der Waals surface area contributed by atoms with Crippen LogP contribution in [-0.2, 0) is 6.42 Å². The Morgan fingerprint density at radius 3 is 2.67 bits per heavy atom. The topological polar surface area (TPSA) is 72.4 Å². The molecule has 4 rings (SSSR count). The van der Waals surface area contributed by atoms with Crippen LogP contribution in [0.15, 0.2) is 51.6 Å². The van der Waals surface area contributed by atoms with Gasteiger partial charge in [-0.15, -0.1) is 0 Å². The highest BCUT2D eigenvalue weighted by Gasteiger charge is 2.25. The van der Waals surface area contributed by atoms with Crippen molar-refractivity contribution in [2.75, 3.05) is 13.1 Å². The highest BCUT2D eigenvalue weighted by molar-refractivity contribution is 5.91. The molecule has 0 unspecified atom stereocenters. The number of hydrogen-bond donors (Lipinski definition) is 0. The molecular weight excluding hydrogens is 349 g/mol. The molecule has 140 valence electrons. The van der Waals surface area contributed by atoms with Gasteiger partial charge >= 0.3 is 0 Å².